The van der Waals surface area contributed by atoms with Crippen LogP contribution in [-0.4, -0.2) is 63.2 Å². The number of carbonyl (C=O) groups is 1. The summed E-state index contributed by atoms with van der Waals surface area (Å²) in [6, 6.07) is 8.09. The average molecular weight is 618 g/mol. The first-order chi connectivity index (χ1) is 19.7. The first-order valence-electron chi connectivity index (χ1n) is 12.6. The molecule has 1 aliphatic rings. The molecule has 1 saturated heterocycles. The fourth-order valence-corrected chi connectivity index (χ4v) is 5.18. The monoisotopic (exact) mass is 617 g/mol. The second-order valence-corrected chi connectivity index (χ2v) is 10.6. The molecular weight excluding hydrogens is 592 g/mol. The van der Waals surface area contributed by atoms with E-state index in [1.807, 2.05) is 4.90 Å². The molecule has 2 N–H and O–H groups in total. The minimum Gasteiger partial charge on any atom is -0.477 e. The van der Waals surface area contributed by atoms with E-state index in [9.17, 15) is 35.9 Å². The van der Waals surface area contributed by atoms with Crippen molar-refractivity contribution in [3.63, 3.8) is 0 Å². The quantitative estimate of drug-likeness (QED) is 0.245. The largest absolute Gasteiger partial charge is 0.477 e. The lowest BCUT2D eigenvalue weighted by atomic mass is 10.1. The van der Waals surface area contributed by atoms with Crippen LogP contribution in [0.15, 0.2) is 45.7 Å². The van der Waals surface area contributed by atoms with Crippen molar-refractivity contribution < 1.29 is 40.8 Å². The zero-order chi connectivity index (χ0) is 30.7. The second kappa shape index (κ2) is 12.5. The van der Waals surface area contributed by atoms with Crippen LogP contribution in [0.25, 0.3) is 21.6 Å². The summed E-state index contributed by atoms with van der Waals surface area (Å²) in [4.78, 5) is 31.6. The fourth-order valence-electron chi connectivity index (χ4n) is 4.15. The minimum atomic E-state index is -4.43. The minimum absolute atomic E-state index is 0.00317. The molecule has 0 atom stereocenters. The molecule has 9 nitrogen and oxygen atoms in total. The van der Waals surface area contributed by atoms with E-state index in [0.29, 0.717) is 40.9 Å². The van der Waals surface area contributed by atoms with Gasteiger partial charge in [-0.1, -0.05) is 22.6 Å². The number of likely N-dealkylation sites (tertiary alicyclic amines) is 1. The van der Waals surface area contributed by atoms with Gasteiger partial charge in [0.2, 0.25) is 0 Å². The molecule has 0 aliphatic carbocycles. The predicted octanol–water partition coefficient (Wildman–Crippen LogP) is 5.63. The molecule has 0 spiro atoms. The number of carboxylic acids is 1. The Kier molecular flexibility index (Phi) is 9.25. The maximum Gasteiger partial charge on any atom is 0.439 e. The van der Waals surface area contributed by atoms with Gasteiger partial charge < -0.3 is 14.9 Å². The van der Waals surface area contributed by atoms with Crippen molar-refractivity contribution >= 4 is 32.7 Å². The van der Waals surface area contributed by atoms with Gasteiger partial charge in [0.05, 0.1) is 21.3 Å². The number of thiazole rings is 1. The van der Waals surface area contributed by atoms with Crippen molar-refractivity contribution in [1.82, 2.24) is 20.0 Å². The number of aromatic nitrogens is 3. The van der Waals surface area contributed by atoms with Crippen LogP contribution < -0.4 is 10.7 Å². The Hall–Kier alpha value is -3.92. The molecule has 0 bridgehead atoms. The molecule has 16 heteroatoms. The molecule has 5 rings (SSSR count). The van der Waals surface area contributed by atoms with Crippen LogP contribution in [-0.2, 0) is 17.5 Å². The Bertz CT molecular complexity index is 1590. The number of fused-ring (bicyclic) bond motifs is 1. The Morgan fingerprint density at radius 1 is 1.14 bits per heavy atom. The van der Waals surface area contributed by atoms with E-state index in [-0.39, 0.29) is 11.4 Å². The van der Waals surface area contributed by atoms with Crippen molar-refractivity contribution in [2.45, 2.75) is 38.4 Å². The van der Waals surface area contributed by atoms with E-state index in [0.717, 1.165) is 44.6 Å². The van der Waals surface area contributed by atoms with Gasteiger partial charge in [-0.3, -0.25) is 9.51 Å². The van der Waals surface area contributed by atoms with Crippen LogP contribution in [0.1, 0.15) is 30.9 Å². The Labute approximate surface area is 238 Å². The second-order valence-electron chi connectivity index (χ2n) is 9.60. The Morgan fingerprint density at radius 2 is 1.83 bits per heavy atom. The lowest BCUT2D eigenvalue weighted by Gasteiger charge is -2.25. The number of anilines is 1. The van der Waals surface area contributed by atoms with Gasteiger partial charge in [-0.25, -0.2) is 19.0 Å². The molecule has 1 aliphatic heterocycles. The first-order valence-corrected chi connectivity index (χ1v) is 13.4. The third-order valence-electron chi connectivity index (χ3n) is 6.34. The highest BCUT2D eigenvalue weighted by Gasteiger charge is 2.32. The topological polar surface area (TPSA) is 116 Å². The van der Waals surface area contributed by atoms with Crippen LogP contribution in [0.2, 0.25) is 0 Å². The van der Waals surface area contributed by atoms with Crippen LogP contribution in [0, 0.1) is 5.82 Å². The zero-order valence-electron chi connectivity index (χ0n) is 22.1. The number of carboxylic acid groups (broad SMARTS) is 1. The highest BCUT2D eigenvalue weighted by atomic mass is 32.1. The smallest absolute Gasteiger partial charge is 0.439 e. The first kappa shape index (κ1) is 31.0. The van der Waals surface area contributed by atoms with Crippen LogP contribution in [0.5, 0.6) is 0 Å². The number of rotatable bonds is 8. The summed E-state index contributed by atoms with van der Waals surface area (Å²) in [5.74, 6) is -7.03. The highest BCUT2D eigenvalue weighted by Crippen LogP contribution is 2.36. The van der Waals surface area contributed by atoms with E-state index in [1.165, 1.54) is 29.5 Å². The molecule has 0 unspecified atom stereocenters. The summed E-state index contributed by atoms with van der Waals surface area (Å²) in [7, 11) is 0. The van der Waals surface area contributed by atoms with Gasteiger partial charge in [0.1, 0.15) is 5.82 Å². The molecule has 2 aromatic heterocycles. The maximum atomic E-state index is 14.8. The van der Waals surface area contributed by atoms with E-state index in [1.54, 1.807) is 6.07 Å². The number of benzene rings is 2. The van der Waals surface area contributed by atoms with E-state index < -0.39 is 35.2 Å². The third kappa shape index (κ3) is 7.88. The van der Waals surface area contributed by atoms with Gasteiger partial charge in [0.15, 0.2) is 11.0 Å². The number of nitrogens with one attached hydrogen (secondary N) is 1. The van der Waals surface area contributed by atoms with Gasteiger partial charge >= 0.3 is 23.8 Å². The summed E-state index contributed by atoms with van der Waals surface area (Å²) in [6.07, 6.45) is -2.16. The standard InChI is InChI=1S/C23H21F4N5O2S.C3H4F2O2/c24-17-11-14(3-5-16(17)20-29-22(33)34-30-20)13-32(10-9-31-7-1-2-8-31)21-28-18-6-4-15(23(25,26)27)12-19(18)35-21;1-3(4,5)2(6)7/h3-6,11-12H,1-2,7-10,13H2,(H,29,30,33);1H3,(H,6,7). The molecule has 2 aromatic carbocycles. The molecule has 0 amide bonds. The normalized spacial score (nSPS) is 14.2. The van der Waals surface area contributed by atoms with Gasteiger partial charge in [-0.05, 0) is 61.8 Å². The number of aromatic amines is 1. The lowest BCUT2D eigenvalue weighted by Crippen LogP contribution is -2.33. The van der Waals surface area contributed by atoms with Gasteiger partial charge in [-0.2, -0.15) is 22.0 Å². The molecular formula is C26H25F6N5O4S. The number of halogens is 6. The zero-order valence-corrected chi connectivity index (χ0v) is 22.9. The number of hydrogen-bond acceptors (Lipinski definition) is 8. The van der Waals surface area contributed by atoms with Crippen molar-refractivity contribution in [3.8, 4) is 11.4 Å². The number of hydrogen-bond donors (Lipinski definition) is 2. The maximum absolute atomic E-state index is 14.8. The number of H-pyrrole nitrogens is 1. The molecule has 1 fully saturated rings. The molecule has 0 radical (unpaired) electrons. The average Bonchev–Trinajstić information content (AvgIpc) is 3.66. The third-order valence-corrected chi connectivity index (χ3v) is 7.42. The molecule has 3 heterocycles. The van der Waals surface area contributed by atoms with Gasteiger partial charge in [-0.15, -0.1) is 0 Å². The van der Waals surface area contributed by atoms with Gasteiger partial charge in [0.25, 0.3) is 0 Å². The van der Waals surface area contributed by atoms with Crippen molar-refractivity contribution in [1.29, 1.82) is 0 Å². The molecule has 0 saturated carbocycles. The van der Waals surface area contributed by atoms with Crippen molar-refractivity contribution in [2.75, 3.05) is 31.1 Å². The predicted molar refractivity (Wildman–Crippen MR) is 142 cm³/mol. The van der Waals surface area contributed by atoms with E-state index in [4.69, 9.17) is 5.11 Å². The van der Waals surface area contributed by atoms with E-state index >= 15 is 0 Å². The molecule has 4 aromatic rings. The lowest BCUT2D eigenvalue weighted by molar-refractivity contribution is -0.161. The summed E-state index contributed by atoms with van der Waals surface area (Å²) in [5.41, 5.74) is 0.518. The summed E-state index contributed by atoms with van der Waals surface area (Å²) >= 11 is 1.18. The number of alkyl halides is 5. The van der Waals surface area contributed by atoms with E-state index in [2.05, 4.69) is 24.5 Å². The molecule has 226 valence electrons. The fraction of sp³-hybridized carbons (Fsp3) is 0.385. The van der Waals surface area contributed by atoms with Crippen molar-refractivity contribution in [3.05, 3.63) is 63.9 Å². The van der Waals surface area contributed by atoms with Crippen LogP contribution in [0.4, 0.5) is 31.5 Å². The highest BCUT2D eigenvalue weighted by molar-refractivity contribution is 7.22. The number of aliphatic carboxylic acids is 1. The Morgan fingerprint density at radius 3 is 2.40 bits per heavy atom. The van der Waals surface area contributed by atoms with Gasteiger partial charge in [0, 0.05) is 26.6 Å². The SMILES string of the molecule is CC(F)(F)C(=O)O.O=c1[nH]c(-c2ccc(CN(CCN3CCCC3)c3nc4ccc(C(F)(F)F)cc4s3)cc2F)no1. The summed E-state index contributed by atoms with van der Waals surface area (Å²) < 4.78 is 81.7. The van der Waals surface area contributed by atoms with Crippen LogP contribution in [0.3, 0.4) is 0 Å². The summed E-state index contributed by atoms with van der Waals surface area (Å²) in [5, 5.41) is 11.6. The number of nitrogens with zero attached hydrogens (tertiary/aromatic N) is 4. The Balaban J connectivity index is 0.000000517. The summed E-state index contributed by atoms with van der Waals surface area (Å²) in [6.45, 7) is 4.00. The van der Waals surface area contributed by atoms with Crippen molar-refractivity contribution in [2.24, 2.45) is 0 Å². The molecule has 42 heavy (non-hydrogen) atoms. The van der Waals surface area contributed by atoms with Crippen LogP contribution >= 0.6 is 11.3 Å².